The van der Waals surface area contributed by atoms with Gasteiger partial charge in [0, 0.05) is 20.0 Å². The Kier molecular flexibility index (Phi) is 3.57. The molecule has 0 saturated carbocycles. The van der Waals surface area contributed by atoms with Gasteiger partial charge in [0.25, 0.3) is 0 Å². The molecule has 0 aliphatic carbocycles. The van der Waals surface area contributed by atoms with Crippen molar-refractivity contribution in [3.63, 3.8) is 0 Å². The van der Waals surface area contributed by atoms with Crippen molar-refractivity contribution in [1.29, 1.82) is 0 Å². The fraction of sp³-hybridized carbons (Fsp3) is 0.429. The number of hydrogen-bond donors (Lipinski definition) is 1. The molecule has 1 aromatic rings. The van der Waals surface area contributed by atoms with E-state index in [1.165, 1.54) is 0 Å². The van der Waals surface area contributed by atoms with Crippen molar-refractivity contribution in [1.82, 2.24) is 0 Å². The zero-order valence-corrected chi connectivity index (χ0v) is 11.6. The molecule has 2 amide bonds. The molecule has 19 heavy (non-hydrogen) atoms. The summed E-state index contributed by atoms with van der Waals surface area (Å²) in [5, 5.41) is 0. The summed E-state index contributed by atoms with van der Waals surface area (Å²) in [5.41, 5.74) is 9.10. The van der Waals surface area contributed by atoms with Crippen molar-refractivity contribution < 1.29 is 9.59 Å². The number of rotatable bonds is 1. The van der Waals surface area contributed by atoms with Crippen LogP contribution < -0.4 is 15.5 Å². The van der Waals surface area contributed by atoms with Gasteiger partial charge in [0.05, 0.1) is 17.9 Å². The lowest BCUT2D eigenvalue weighted by Gasteiger charge is -2.25. The van der Waals surface area contributed by atoms with E-state index in [2.05, 4.69) is 0 Å². The molecule has 1 aromatic carbocycles. The fourth-order valence-corrected chi connectivity index (χ4v) is 2.57. The highest BCUT2D eigenvalue weighted by atomic mass is 16.2. The van der Waals surface area contributed by atoms with E-state index in [1.54, 1.807) is 16.8 Å². The number of benzene rings is 1. The summed E-state index contributed by atoms with van der Waals surface area (Å²) in [6, 6.07) is 3.95. The number of fused-ring (bicyclic) bond motifs is 1. The molecule has 0 bridgehead atoms. The zero-order valence-electron chi connectivity index (χ0n) is 11.6. The van der Waals surface area contributed by atoms with E-state index >= 15 is 0 Å². The van der Waals surface area contributed by atoms with Crippen molar-refractivity contribution in [3.05, 3.63) is 23.3 Å². The van der Waals surface area contributed by atoms with Gasteiger partial charge in [0.15, 0.2) is 0 Å². The maximum absolute atomic E-state index is 12.0. The summed E-state index contributed by atoms with van der Waals surface area (Å²) >= 11 is 0. The molecule has 0 aromatic heterocycles. The van der Waals surface area contributed by atoms with Gasteiger partial charge < -0.3 is 15.5 Å². The molecular formula is C14H19N3O2. The minimum atomic E-state index is -0.158. The molecular weight excluding hydrogens is 242 g/mol. The van der Waals surface area contributed by atoms with Gasteiger partial charge in [-0.1, -0.05) is 6.07 Å². The first-order valence-corrected chi connectivity index (χ1v) is 6.34. The highest BCUT2D eigenvalue weighted by Gasteiger charge is 2.28. The lowest BCUT2D eigenvalue weighted by Crippen LogP contribution is -2.36. The number of hydrogen-bond acceptors (Lipinski definition) is 3. The third kappa shape index (κ3) is 2.33. The normalized spacial score (nSPS) is 15.3. The van der Waals surface area contributed by atoms with Gasteiger partial charge in [-0.05, 0) is 31.0 Å². The predicted octanol–water partition coefficient (Wildman–Crippen LogP) is 0.962. The van der Waals surface area contributed by atoms with Gasteiger partial charge in [0.1, 0.15) is 0 Å². The van der Waals surface area contributed by atoms with Crippen LogP contribution in [0.25, 0.3) is 0 Å². The molecule has 0 spiro atoms. The predicted molar refractivity (Wildman–Crippen MR) is 75.4 cm³/mol. The van der Waals surface area contributed by atoms with Crippen molar-refractivity contribution in [2.75, 3.05) is 29.9 Å². The van der Waals surface area contributed by atoms with Crippen LogP contribution in [0.3, 0.4) is 0 Å². The van der Waals surface area contributed by atoms with Crippen LogP contribution in [-0.4, -0.2) is 32.0 Å². The second kappa shape index (κ2) is 5.01. The summed E-state index contributed by atoms with van der Waals surface area (Å²) in [4.78, 5) is 27.3. The molecule has 1 aliphatic rings. The van der Waals surface area contributed by atoms with Gasteiger partial charge in [-0.15, -0.1) is 0 Å². The smallest absolute Gasteiger partial charge is 0.240 e. The molecule has 2 N–H and O–H groups in total. The Bertz CT molecular complexity index is 540. The van der Waals surface area contributed by atoms with Crippen LogP contribution >= 0.6 is 0 Å². The SMILES string of the molecule is Cc1cc(C)c2c(c1)N(C(=O)CN)CCC(=O)N2C. The minimum Gasteiger partial charge on any atom is -0.322 e. The Balaban J connectivity index is 2.64. The number of carbonyl (C=O) groups excluding carboxylic acids is 2. The van der Waals surface area contributed by atoms with Gasteiger partial charge >= 0.3 is 0 Å². The standard InChI is InChI=1S/C14H19N3O2/c1-9-6-10(2)14-11(7-9)17(13(19)8-15)5-4-12(18)16(14)3/h6-7H,4-5,8,15H2,1-3H3. The van der Waals surface area contributed by atoms with Crippen LogP contribution in [0.2, 0.25) is 0 Å². The largest absolute Gasteiger partial charge is 0.322 e. The first-order chi connectivity index (χ1) is 8.95. The number of nitrogens with two attached hydrogens (primary N) is 1. The van der Waals surface area contributed by atoms with Crippen LogP contribution in [-0.2, 0) is 9.59 Å². The van der Waals surface area contributed by atoms with Crippen LogP contribution in [0.15, 0.2) is 12.1 Å². The second-order valence-corrected chi connectivity index (χ2v) is 4.90. The Morgan fingerprint density at radius 1 is 1.37 bits per heavy atom. The second-order valence-electron chi connectivity index (χ2n) is 4.90. The number of anilines is 2. The van der Waals surface area contributed by atoms with Crippen molar-refractivity contribution >= 4 is 23.2 Å². The average Bonchev–Trinajstić information content (AvgIpc) is 2.47. The number of nitrogens with zero attached hydrogens (tertiary/aromatic N) is 2. The summed E-state index contributed by atoms with van der Waals surface area (Å²) in [7, 11) is 1.75. The highest BCUT2D eigenvalue weighted by molar-refractivity contribution is 6.06. The fourth-order valence-electron chi connectivity index (χ4n) is 2.57. The first kappa shape index (κ1) is 13.5. The molecule has 102 valence electrons. The molecule has 5 nitrogen and oxygen atoms in total. The highest BCUT2D eigenvalue weighted by Crippen LogP contribution is 2.36. The first-order valence-electron chi connectivity index (χ1n) is 6.34. The van der Waals surface area contributed by atoms with Crippen LogP contribution in [0, 0.1) is 13.8 Å². The average molecular weight is 261 g/mol. The van der Waals surface area contributed by atoms with Crippen LogP contribution in [0.1, 0.15) is 17.5 Å². The summed E-state index contributed by atoms with van der Waals surface area (Å²) < 4.78 is 0. The zero-order chi connectivity index (χ0) is 14.2. The van der Waals surface area contributed by atoms with E-state index in [1.807, 2.05) is 26.0 Å². The van der Waals surface area contributed by atoms with Crippen molar-refractivity contribution in [3.8, 4) is 0 Å². The molecule has 0 fully saturated rings. The Labute approximate surface area is 113 Å². The molecule has 5 heteroatoms. The molecule has 1 aliphatic heterocycles. The topological polar surface area (TPSA) is 66.6 Å². The molecule has 0 unspecified atom stereocenters. The van der Waals surface area contributed by atoms with E-state index in [0.29, 0.717) is 13.0 Å². The summed E-state index contributed by atoms with van der Waals surface area (Å²) in [6.45, 7) is 4.26. The Hall–Kier alpha value is -1.88. The third-order valence-corrected chi connectivity index (χ3v) is 3.45. The maximum Gasteiger partial charge on any atom is 0.240 e. The molecule has 0 atom stereocenters. The number of carbonyl (C=O) groups is 2. The monoisotopic (exact) mass is 261 g/mol. The summed E-state index contributed by atoms with van der Waals surface area (Å²) in [5.74, 6) is -0.144. The Morgan fingerprint density at radius 2 is 2.05 bits per heavy atom. The van der Waals surface area contributed by atoms with E-state index in [0.717, 1.165) is 22.5 Å². The summed E-state index contributed by atoms with van der Waals surface area (Å²) in [6.07, 6.45) is 0.315. The molecule has 0 radical (unpaired) electrons. The lowest BCUT2D eigenvalue weighted by atomic mass is 10.1. The number of aryl methyl sites for hydroxylation is 2. The van der Waals surface area contributed by atoms with Gasteiger partial charge in [-0.2, -0.15) is 0 Å². The van der Waals surface area contributed by atoms with E-state index in [-0.39, 0.29) is 18.4 Å². The molecule has 1 heterocycles. The van der Waals surface area contributed by atoms with E-state index < -0.39 is 0 Å². The van der Waals surface area contributed by atoms with Gasteiger partial charge in [-0.25, -0.2) is 0 Å². The quantitative estimate of drug-likeness (QED) is 0.819. The minimum absolute atomic E-state index is 0.0144. The van der Waals surface area contributed by atoms with E-state index in [4.69, 9.17) is 5.73 Å². The molecule has 0 saturated heterocycles. The van der Waals surface area contributed by atoms with Gasteiger partial charge in [-0.3, -0.25) is 9.59 Å². The Morgan fingerprint density at radius 3 is 2.68 bits per heavy atom. The maximum atomic E-state index is 12.0. The van der Waals surface area contributed by atoms with Crippen LogP contribution in [0.5, 0.6) is 0 Å². The van der Waals surface area contributed by atoms with Crippen molar-refractivity contribution in [2.45, 2.75) is 20.3 Å². The van der Waals surface area contributed by atoms with Crippen molar-refractivity contribution in [2.24, 2.45) is 5.73 Å². The molecule has 2 rings (SSSR count). The third-order valence-electron chi connectivity index (χ3n) is 3.45. The number of amides is 2. The lowest BCUT2D eigenvalue weighted by molar-refractivity contribution is -0.118. The van der Waals surface area contributed by atoms with Gasteiger partial charge in [0.2, 0.25) is 11.8 Å². The van der Waals surface area contributed by atoms with E-state index in [9.17, 15) is 9.59 Å². The van der Waals surface area contributed by atoms with Crippen LogP contribution in [0.4, 0.5) is 11.4 Å².